The number of hydrogen-bond donors (Lipinski definition) is 1. The highest BCUT2D eigenvalue weighted by molar-refractivity contribution is 6.06. The summed E-state index contributed by atoms with van der Waals surface area (Å²) in [7, 11) is 0. The highest BCUT2D eigenvalue weighted by Gasteiger charge is 2.41. The molecule has 0 saturated carbocycles. The average molecular weight is 299 g/mol. The number of ketones is 1. The summed E-state index contributed by atoms with van der Waals surface area (Å²) in [6.07, 6.45) is 0.993. The van der Waals surface area contributed by atoms with Crippen molar-refractivity contribution in [2.45, 2.75) is 38.9 Å². The lowest BCUT2D eigenvalue weighted by molar-refractivity contribution is 0.0294. The van der Waals surface area contributed by atoms with Crippen LogP contribution in [0.25, 0.3) is 10.9 Å². The third kappa shape index (κ3) is 1.69. The Kier molecular flexibility index (Phi) is 2.87. The topological polar surface area (TPSA) is 68.4 Å². The van der Waals surface area contributed by atoms with Gasteiger partial charge in [-0.15, -0.1) is 0 Å². The van der Waals surface area contributed by atoms with Crippen LogP contribution < -0.4 is 10.2 Å². The molecule has 22 heavy (non-hydrogen) atoms. The van der Waals surface area contributed by atoms with E-state index in [0.717, 1.165) is 23.9 Å². The Morgan fingerprint density at radius 3 is 2.82 bits per heavy atom. The summed E-state index contributed by atoms with van der Waals surface area (Å²) >= 11 is 0. The van der Waals surface area contributed by atoms with Crippen LogP contribution in [-0.4, -0.2) is 23.5 Å². The van der Waals surface area contributed by atoms with E-state index in [4.69, 9.17) is 9.47 Å². The van der Waals surface area contributed by atoms with Crippen LogP contribution in [0.4, 0.5) is 0 Å². The van der Waals surface area contributed by atoms with Gasteiger partial charge in [-0.1, -0.05) is 0 Å². The van der Waals surface area contributed by atoms with Crippen LogP contribution >= 0.6 is 0 Å². The number of nitrogens with one attached hydrogen (secondary N) is 1. The normalized spacial score (nSPS) is 22.9. The van der Waals surface area contributed by atoms with Crippen LogP contribution in [0.15, 0.2) is 16.9 Å². The Morgan fingerprint density at radius 1 is 1.27 bits per heavy atom. The second-order valence-electron chi connectivity index (χ2n) is 5.85. The minimum Gasteiger partial charge on any atom is -0.488 e. The van der Waals surface area contributed by atoms with Gasteiger partial charge in [0, 0.05) is 11.1 Å². The van der Waals surface area contributed by atoms with Gasteiger partial charge in [0.25, 0.3) is 0 Å². The smallest absolute Gasteiger partial charge is 0.231 e. The molecule has 1 fully saturated rings. The van der Waals surface area contributed by atoms with E-state index in [1.807, 2.05) is 19.9 Å². The zero-order valence-corrected chi connectivity index (χ0v) is 12.6. The van der Waals surface area contributed by atoms with Crippen molar-refractivity contribution in [2.75, 3.05) is 6.61 Å². The molecule has 114 valence electrons. The molecule has 2 atom stereocenters. The van der Waals surface area contributed by atoms with Crippen molar-refractivity contribution in [1.82, 2.24) is 4.98 Å². The Morgan fingerprint density at radius 2 is 2.05 bits per heavy atom. The van der Waals surface area contributed by atoms with E-state index in [-0.39, 0.29) is 23.4 Å². The highest BCUT2D eigenvalue weighted by atomic mass is 16.5. The number of aryl methyl sites for hydroxylation is 1. The quantitative estimate of drug-likeness (QED) is 0.925. The lowest BCUT2D eigenvalue weighted by Crippen LogP contribution is -2.27. The monoisotopic (exact) mass is 299 g/mol. The number of Topliss-reactive ketones (excluding diaryl/α,β-unsaturated/α-hetero) is 1. The van der Waals surface area contributed by atoms with Crippen molar-refractivity contribution < 1.29 is 14.3 Å². The van der Waals surface area contributed by atoms with E-state index in [0.29, 0.717) is 29.0 Å². The maximum atomic E-state index is 12.9. The molecule has 0 spiro atoms. The number of aromatic nitrogens is 1. The first-order valence-corrected chi connectivity index (χ1v) is 7.63. The predicted molar refractivity (Wildman–Crippen MR) is 81.7 cm³/mol. The molecule has 0 amide bonds. The molecule has 1 aromatic carbocycles. The first-order valence-electron chi connectivity index (χ1n) is 7.63. The number of fused-ring (bicyclic) bond motifs is 6. The number of H-pyrrole nitrogens is 1. The SMILES string of the molecule is CCOc1c(C)[nH]c2ccc3c(c2c1=O)[C@@H]1CC[C@@H](O1)C3=O. The summed E-state index contributed by atoms with van der Waals surface area (Å²) in [5.74, 6) is 0.319. The number of hydrogen-bond acceptors (Lipinski definition) is 4. The highest BCUT2D eigenvalue weighted by Crippen LogP contribution is 2.43. The van der Waals surface area contributed by atoms with Crippen LogP contribution in [-0.2, 0) is 4.74 Å². The fourth-order valence-corrected chi connectivity index (χ4v) is 3.59. The summed E-state index contributed by atoms with van der Waals surface area (Å²) < 4.78 is 11.3. The van der Waals surface area contributed by atoms with E-state index in [2.05, 4.69) is 4.98 Å². The third-order valence-electron chi connectivity index (χ3n) is 4.53. The van der Waals surface area contributed by atoms with Crippen molar-refractivity contribution in [3.05, 3.63) is 39.2 Å². The van der Waals surface area contributed by atoms with Gasteiger partial charge in [0.15, 0.2) is 11.5 Å². The van der Waals surface area contributed by atoms with Gasteiger partial charge in [0.05, 0.1) is 29.3 Å². The summed E-state index contributed by atoms with van der Waals surface area (Å²) in [5, 5.41) is 0.533. The first kappa shape index (κ1) is 13.5. The zero-order valence-electron chi connectivity index (χ0n) is 12.6. The molecule has 5 nitrogen and oxygen atoms in total. The number of pyridine rings is 1. The van der Waals surface area contributed by atoms with Crippen molar-refractivity contribution >= 4 is 16.7 Å². The molecule has 5 heteroatoms. The number of rotatable bonds is 2. The van der Waals surface area contributed by atoms with Crippen LogP contribution in [0.3, 0.4) is 0 Å². The fourth-order valence-electron chi connectivity index (χ4n) is 3.59. The van der Waals surface area contributed by atoms with Gasteiger partial charge < -0.3 is 14.5 Å². The van der Waals surface area contributed by atoms with E-state index in [1.165, 1.54) is 0 Å². The largest absolute Gasteiger partial charge is 0.488 e. The Bertz CT molecular complexity index is 852. The van der Waals surface area contributed by atoms with Gasteiger partial charge in [0.1, 0.15) is 6.10 Å². The van der Waals surface area contributed by atoms with Gasteiger partial charge in [-0.05, 0) is 38.8 Å². The second kappa shape index (κ2) is 4.68. The van der Waals surface area contributed by atoms with Gasteiger partial charge in [-0.25, -0.2) is 0 Å². The minimum atomic E-state index is -0.342. The number of benzene rings is 1. The molecule has 0 aliphatic carbocycles. The zero-order chi connectivity index (χ0) is 15.4. The van der Waals surface area contributed by atoms with Crippen LogP contribution in [0.1, 0.15) is 47.5 Å². The molecular weight excluding hydrogens is 282 g/mol. The molecule has 2 aliphatic heterocycles. The van der Waals surface area contributed by atoms with Gasteiger partial charge >= 0.3 is 0 Å². The molecule has 2 aliphatic rings. The molecule has 1 aromatic heterocycles. The summed E-state index contributed by atoms with van der Waals surface area (Å²) in [6, 6.07) is 3.62. The van der Waals surface area contributed by atoms with Crippen LogP contribution in [0.2, 0.25) is 0 Å². The van der Waals surface area contributed by atoms with Gasteiger partial charge in [0.2, 0.25) is 5.43 Å². The molecule has 0 radical (unpaired) electrons. The molecular formula is C17H17NO4. The van der Waals surface area contributed by atoms with Crippen molar-refractivity contribution in [1.29, 1.82) is 0 Å². The van der Waals surface area contributed by atoms with E-state index < -0.39 is 0 Å². The Labute approximate surface area is 127 Å². The maximum absolute atomic E-state index is 12.9. The van der Waals surface area contributed by atoms with E-state index >= 15 is 0 Å². The van der Waals surface area contributed by atoms with Crippen LogP contribution in [0.5, 0.6) is 5.75 Å². The lowest BCUT2D eigenvalue weighted by atomic mass is 9.92. The van der Waals surface area contributed by atoms with E-state index in [1.54, 1.807) is 6.07 Å². The first-order chi connectivity index (χ1) is 10.6. The summed E-state index contributed by atoms with van der Waals surface area (Å²) in [4.78, 5) is 28.5. The van der Waals surface area contributed by atoms with Gasteiger partial charge in [-0.2, -0.15) is 0 Å². The Hall–Kier alpha value is -2.14. The van der Waals surface area contributed by atoms with Crippen molar-refractivity contribution in [3.63, 3.8) is 0 Å². The second-order valence-corrected chi connectivity index (χ2v) is 5.85. The summed E-state index contributed by atoms with van der Waals surface area (Å²) in [6.45, 7) is 4.08. The fraction of sp³-hybridized carbons (Fsp3) is 0.412. The van der Waals surface area contributed by atoms with Gasteiger partial charge in [-0.3, -0.25) is 9.59 Å². The standard InChI is InChI=1S/C17H17NO4/c1-3-21-17-8(2)18-10-5-4-9-13(14(10)16(17)20)11-6-7-12(22-11)15(9)19/h4-5,11-12H,3,6-7H2,1-2H3,(H,18,20)/t11-,12+/m0/s1. The number of carbonyl (C=O) groups is 1. The molecule has 2 aromatic rings. The number of aromatic amines is 1. The number of carbonyl (C=O) groups excluding carboxylic acids is 1. The molecule has 3 heterocycles. The van der Waals surface area contributed by atoms with E-state index in [9.17, 15) is 9.59 Å². The Balaban J connectivity index is 2.09. The number of ether oxygens (including phenoxy) is 2. The van der Waals surface area contributed by atoms with Crippen molar-refractivity contribution in [3.8, 4) is 5.75 Å². The summed E-state index contributed by atoms with van der Waals surface area (Å²) in [5.41, 5.74) is 2.63. The molecule has 0 unspecified atom stereocenters. The lowest BCUT2D eigenvalue weighted by Gasteiger charge is -2.24. The molecule has 4 rings (SSSR count). The molecule has 2 bridgehead atoms. The molecule has 1 N–H and O–H groups in total. The minimum absolute atomic E-state index is 0.0106. The maximum Gasteiger partial charge on any atom is 0.231 e. The average Bonchev–Trinajstić information content (AvgIpc) is 2.94. The predicted octanol–water partition coefficient (Wildman–Crippen LogP) is 2.65. The molecule has 1 saturated heterocycles. The third-order valence-corrected chi connectivity index (χ3v) is 4.53. The van der Waals surface area contributed by atoms with Crippen LogP contribution in [0, 0.1) is 6.92 Å². The van der Waals surface area contributed by atoms with Crippen molar-refractivity contribution in [2.24, 2.45) is 0 Å².